The van der Waals surface area contributed by atoms with Gasteiger partial charge in [-0.25, -0.2) is 12.8 Å². The molecule has 0 aliphatic carbocycles. The minimum atomic E-state index is -3.78. The van der Waals surface area contributed by atoms with E-state index in [1.54, 1.807) is 0 Å². The number of nitrogens with zero attached hydrogens (tertiary/aromatic N) is 1. The Labute approximate surface area is 127 Å². The number of methoxy groups -OCH3 is 1. The van der Waals surface area contributed by atoms with Gasteiger partial charge in [0.05, 0.1) is 18.1 Å². The Balaban J connectivity index is 2.17. The number of ether oxygens (including phenoxy) is 1. The number of halogens is 2. The van der Waals surface area contributed by atoms with Gasteiger partial charge in [-0.15, -0.1) is 0 Å². The van der Waals surface area contributed by atoms with E-state index in [4.69, 9.17) is 11.6 Å². The number of sulfonamides is 1. The monoisotopic (exact) mass is 335 g/mol. The molecular weight excluding hydrogens is 321 g/mol. The first-order valence-electron chi connectivity index (χ1n) is 6.39. The van der Waals surface area contributed by atoms with E-state index >= 15 is 0 Å². The van der Waals surface area contributed by atoms with Crippen molar-refractivity contribution >= 4 is 27.6 Å². The largest absolute Gasteiger partial charge is 0.469 e. The molecule has 0 saturated carbocycles. The van der Waals surface area contributed by atoms with Crippen molar-refractivity contribution in [2.75, 3.05) is 20.2 Å². The first kappa shape index (κ1) is 16.2. The van der Waals surface area contributed by atoms with Gasteiger partial charge in [-0.1, -0.05) is 11.6 Å². The number of hydrogen-bond acceptors (Lipinski definition) is 4. The second-order valence-electron chi connectivity index (χ2n) is 4.78. The molecule has 8 heteroatoms. The Morgan fingerprint density at radius 2 is 2.00 bits per heavy atom. The molecular formula is C13H15ClFNO4S. The van der Waals surface area contributed by atoms with E-state index in [1.807, 2.05) is 0 Å². The fraction of sp³-hybridized carbons (Fsp3) is 0.462. The summed E-state index contributed by atoms with van der Waals surface area (Å²) in [6.45, 7) is 0.408. The van der Waals surface area contributed by atoms with Crippen LogP contribution < -0.4 is 0 Å². The second kappa shape index (κ2) is 6.29. The predicted molar refractivity (Wildman–Crippen MR) is 74.9 cm³/mol. The number of hydrogen-bond donors (Lipinski definition) is 0. The average molecular weight is 336 g/mol. The van der Waals surface area contributed by atoms with E-state index in [0.29, 0.717) is 12.8 Å². The molecule has 0 radical (unpaired) electrons. The van der Waals surface area contributed by atoms with Crippen molar-refractivity contribution in [2.45, 2.75) is 17.7 Å². The Kier molecular flexibility index (Phi) is 4.85. The molecule has 5 nitrogen and oxygen atoms in total. The zero-order chi connectivity index (χ0) is 15.6. The summed E-state index contributed by atoms with van der Waals surface area (Å²) in [7, 11) is -2.47. The van der Waals surface area contributed by atoms with Crippen molar-refractivity contribution in [3.05, 3.63) is 29.0 Å². The van der Waals surface area contributed by atoms with Crippen molar-refractivity contribution in [1.29, 1.82) is 0 Å². The maximum atomic E-state index is 13.0. The molecule has 0 unspecified atom stereocenters. The highest BCUT2D eigenvalue weighted by atomic mass is 35.5. The van der Waals surface area contributed by atoms with E-state index in [-0.39, 0.29) is 34.9 Å². The molecule has 0 N–H and O–H groups in total. The van der Waals surface area contributed by atoms with Crippen molar-refractivity contribution in [2.24, 2.45) is 5.92 Å². The van der Waals surface area contributed by atoms with Crippen LogP contribution in [-0.2, 0) is 19.6 Å². The predicted octanol–water partition coefficient (Wildman–Crippen LogP) is 2.05. The summed E-state index contributed by atoms with van der Waals surface area (Å²) < 4.78 is 43.9. The zero-order valence-electron chi connectivity index (χ0n) is 11.4. The quantitative estimate of drug-likeness (QED) is 0.793. The van der Waals surface area contributed by atoms with Gasteiger partial charge in [-0.2, -0.15) is 4.31 Å². The summed E-state index contributed by atoms with van der Waals surface area (Å²) in [5, 5.41) is -0.148. The van der Waals surface area contributed by atoms with Gasteiger partial charge in [0.2, 0.25) is 10.0 Å². The molecule has 0 aromatic heterocycles. The molecule has 1 aliphatic heterocycles. The smallest absolute Gasteiger partial charge is 0.308 e. The van der Waals surface area contributed by atoms with Gasteiger partial charge in [-0.3, -0.25) is 4.79 Å². The molecule has 0 bridgehead atoms. The molecule has 1 aromatic carbocycles. The van der Waals surface area contributed by atoms with Gasteiger partial charge in [0.15, 0.2) is 0 Å². The Morgan fingerprint density at radius 3 is 2.52 bits per heavy atom. The number of carbonyl (C=O) groups excluding carboxylic acids is 1. The molecule has 0 atom stereocenters. The third-order valence-corrected chi connectivity index (χ3v) is 5.88. The van der Waals surface area contributed by atoms with Crippen LogP contribution in [0.25, 0.3) is 0 Å². The lowest BCUT2D eigenvalue weighted by molar-refractivity contribution is -0.146. The van der Waals surface area contributed by atoms with Gasteiger partial charge in [0, 0.05) is 13.1 Å². The van der Waals surface area contributed by atoms with E-state index in [0.717, 1.165) is 18.2 Å². The highest BCUT2D eigenvalue weighted by Crippen LogP contribution is 2.29. The first-order chi connectivity index (χ1) is 9.86. The molecule has 116 valence electrons. The number of carbonyl (C=O) groups is 1. The standard InChI is InChI=1S/C13H15ClFNO4S/c1-20-13(17)9-4-6-16(7-5-9)21(18,19)12-3-2-10(15)8-11(12)14/h2-3,8-9H,4-7H2,1H3. The van der Waals surface area contributed by atoms with Crippen LogP contribution in [0.5, 0.6) is 0 Å². The van der Waals surface area contributed by atoms with Crippen LogP contribution in [0.3, 0.4) is 0 Å². The highest BCUT2D eigenvalue weighted by molar-refractivity contribution is 7.89. The summed E-state index contributed by atoms with van der Waals surface area (Å²) in [5.41, 5.74) is 0. The zero-order valence-corrected chi connectivity index (χ0v) is 13.0. The van der Waals surface area contributed by atoms with Crippen LogP contribution >= 0.6 is 11.6 Å². The molecule has 1 fully saturated rings. The summed E-state index contributed by atoms with van der Waals surface area (Å²) in [6, 6.07) is 3.18. The lowest BCUT2D eigenvalue weighted by Crippen LogP contribution is -2.40. The van der Waals surface area contributed by atoms with Crippen LogP contribution in [0, 0.1) is 11.7 Å². The molecule has 2 rings (SSSR count). The van der Waals surface area contributed by atoms with Gasteiger partial charge in [-0.05, 0) is 31.0 Å². The molecule has 1 aromatic rings. The minimum absolute atomic E-state index is 0.123. The first-order valence-corrected chi connectivity index (χ1v) is 8.21. The van der Waals surface area contributed by atoms with E-state index < -0.39 is 15.8 Å². The summed E-state index contributed by atoms with van der Waals surface area (Å²) in [5.74, 6) is -1.21. The van der Waals surface area contributed by atoms with Gasteiger partial charge in [0.1, 0.15) is 10.7 Å². The minimum Gasteiger partial charge on any atom is -0.469 e. The third kappa shape index (κ3) is 3.36. The van der Waals surface area contributed by atoms with Crippen molar-refractivity contribution in [3.63, 3.8) is 0 Å². The summed E-state index contributed by atoms with van der Waals surface area (Å²) in [4.78, 5) is 11.3. The van der Waals surface area contributed by atoms with Crippen LogP contribution in [-0.4, -0.2) is 38.9 Å². The number of esters is 1. The maximum Gasteiger partial charge on any atom is 0.308 e. The summed E-state index contributed by atoms with van der Waals surface area (Å²) in [6.07, 6.45) is 0.787. The van der Waals surface area contributed by atoms with Crippen LogP contribution in [0.15, 0.2) is 23.1 Å². The molecule has 0 amide bonds. The molecule has 1 aliphatic rings. The molecule has 21 heavy (non-hydrogen) atoms. The highest BCUT2D eigenvalue weighted by Gasteiger charge is 2.33. The summed E-state index contributed by atoms with van der Waals surface area (Å²) >= 11 is 5.81. The van der Waals surface area contributed by atoms with Crippen molar-refractivity contribution < 1.29 is 22.3 Å². The Morgan fingerprint density at radius 1 is 1.38 bits per heavy atom. The third-order valence-electron chi connectivity index (χ3n) is 3.50. The van der Waals surface area contributed by atoms with Crippen molar-refractivity contribution in [1.82, 2.24) is 4.31 Å². The van der Waals surface area contributed by atoms with Gasteiger partial charge < -0.3 is 4.74 Å². The topological polar surface area (TPSA) is 63.7 Å². The van der Waals surface area contributed by atoms with Crippen LogP contribution in [0.1, 0.15) is 12.8 Å². The Bertz CT molecular complexity index is 642. The van der Waals surface area contributed by atoms with E-state index in [1.165, 1.54) is 11.4 Å². The lowest BCUT2D eigenvalue weighted by Gasteiger charge is -2.30. The van der Waals surface area contributed by atoms with E-state index in [2.05, 4.69) is 4.74 Å². The van der Waals surface area contributed by atoms with Crippen LogP contribution in [0.2, 0.25) is 5.02 Å². The maximum absolute atomic E-state index is 13.0. The SMILES string of the molecule is COC(=O)C1CCN(S(=O)(=O)c2ccc(F)cc2Cl)CC1. The van der Waals surface area contributed by atoms with Crippen LogP contribution in [0.4, 0.5) is 4.39 Å². The van der Waals surface area contributed by atoms with Gasteiger partial charge >= 0.3 is 5.97 Å². The van der Waals surface area contributed by atoms with Crippen molar-refractivity contribution in [3.8, 4) is 0 Å². The average Bonchev–Trinajstić information content (AvgIpc) is 2.46. The fourth-order valence-corrected chi connectivity index (χ4v) is 4.30. The molecule has 0 spiro atoms. The molecule has 1 saturated heterocycles. The van der Waals surface area contributed by atoms with E-state index in [9.17, 15) is 17.6 Å². The second-order valence-corrected chi connectivity index (χ2v) is 7.09. The normalized spacial score (nSPS) is 17.7. The fourth-order valence-electron chi connectivity index (χ4n) is 2.32. The number of benzene rings is 1. The van der Waals surface area contributed by atoms with Gasteiger partial charge in [0.25, 0.3) is 0 Å². The lowest BCUT2D eigenvalue weighted by atomic mass is 9.99. The number of rotatable bonds is 3. The number of piperidine rings is 1. The molecule has 1 heterocycles. The Hall–Kier alpha value is -1.18.